The largest absolute Gasteiger partial charge is 0.324 e. The van der Waals surface area contributed by atoms with Crippen LogP contribution in [0.4, 0.5) is 5.69 Å². The predicted molar refractivity (Wildman–Crippen MR) is 101 cm³/mol. The molecule has 2 aromatic heterocycles. The number of benzene rings is 1. The van der Waals surface area contributed by atoms with Gasteiger partial charge in [-0.05, 0) is 29.6 Å². The van der Waals surface area contributed by atoms with Gasteiger partial charge in [-0.2, -0.15) is 0 Å². The summed E-state index contributed by atoms with van der Waals surface area (Å²) >= 11 is 14.5. The van der Waals surface area contributed by atoms with Gasteiger partial charge in [0.2, 0.25) is 5.91 Å². The summed E-state index contributed by atoms with van der Waals surface area (Å²) < 4.78 is 1.44. The fraction of sp³-hybridized carbons (Fsp3) is 0.133. The topological polar surface area (TPSA) is 64.0 Å². The van der Waals surface area contributed by atoms with Gasteiger partial charge in [-0.25, -0.2) is 4.98 Å². The maximum absolute atomic E-state index is 12.2. The van der Waals surface area contributed by atoms with Gasteiger partial charge in [0.15, 0.2) is 5.16 Å². The van der Waals surface area contributed by atoms with E-state index in [1.165, 1.54) is 27.7 Å². The molecule has 9 heteroatoms. The maximum atomic E-state index is 12.2. The SMILES string of the molecule is Cn1c(SCC(=O)Nc2cc(Cl)ccc2Cl)nc2sccc2c1=O. The lowest BCUT2D eigenvalue weighted by Crippen LogP contribution is -2.20. The average molecular weight is 400 g/mol. The lowest BCUT2D eigenvalue weighted by atomic mass is 10.3. The number of thioether (sulfide) groups is 1. The number of aromatic nitrogens is 2. The van der Waals surface area contributed by atoms with Crippen molar-refractivity contribution in [3.63, 3.8) is 0 Å². The van der Waals surface area contributed by atoms with Gasteiger partial charge in [-0.1, -0.05) is 35.0 Å². The van der Waals surface area contributed by atoms with Gasteiger partial charge < -0.3 is 5.32 Å². The van der Waals surface area contributed by atoms with E-state index in [2.05, 4.69) is 10.3 Å². The van der Waals surface area contributed by atoms with Gasteiger partial charge in [0.05, 0.1) is 21.8 Å². The normalized spacial score (nSPS) is 11.0. The number of carbonyl (C=O) groups excluding carboxylic acids is 1. The Morgan fingerprint density at radius 3 is 2.96 bits per heavy atom. The molecule has 0 aliphatic heterocycles. The summed E-state index contributed by atoms with van der Waals surface area (Å²) in [5, 5.41) is 6.48. The standard InChI is InChI=1S/C15H11Cl2N3O2S2/c1-20-14(22)9-4-5-23-13(9)19-15(20)24-7-12(21)18-11-6-8(16)2-3-10(11)17/h2-6H,7H2,1H3,(H,18,21). The predicted octanol–water partition coefficient (Wildman–Crippen LogP) is 4.03. The molecule has 0 saturated carbocycles. The van der Waals surface area contributed by atoms with Gasteiger partial charge in [0.1, 0.15) is 4.83 Å². The molecule has 1 aromatic carbocycles. The molecule has 0 fully saturated rings. The van der Waals surface area contributed by atoms with E-state index in [1.54, 1.807) is 31.3 Å². The number of halogens is 2. The van der Waals surface area contributed by atoms with E-state index in [9.17, 15) is 9.59 Å². The van der Waals surface area contributed by atoms with Crippen molar-refractivity contribution < 1.29 is 4.79 Å². The van der Waals surface area contributed by atoms with Crippen molar-refractivity contribution in [2.45, 2.75) is 5.16 Å². The van der Waals surface area contributed by atoms with Crippen molar-refractivity contribution >= 4 is 68.1 Å². The summed E-state index contributed by atoms with van der Waals surface area (Å²) in [5.74, 6) is -0.162. The van der Waals surface area contributed by atoms with E-state index >= 15 is 0 Å². The second-order valence-electron chi connectivity index (χ2n) is 4.86. The van der Waals surface area contributed by atoms with Crippen LogP contribution in [-0.2, 0) is 11.8 Å². The summed E-state index contributed by atoms with van der Waals surface area (Å²) in [6, 6.07) is 6.59. The maximum Gasteiger partial charge on any atom is 0.262 e. The summed E-state index contributed by atoms with van der Waals surface area (Å²) in [5.41, 5.74) is 0.326. The van der Waals surface area contributed by atoms with Crippen LogP contribution < -0.4 is 10.9 Å². The number of fused-ring (bicyclic) bond motifs is 1. The summed E-state index contributed by atoms with van der Waals surface area (Å²) in [6.07, 6.45) is 0. The van der Waals surface area contributed by atoms with Crippen LogP contribution in [0.5, 0.6) is 0 Å². The molecule has 0 atom stereocenters. The van der Waals surface area contributed by atoms with E-state index in [0.29, 0.717) is 31.1 Å². The first-order valence-corrected chi connectivity index (χ1v) is 9.40. The van der Waals surface area contributed by atoms with Crippen LogP contribution >= 0.6 is 46.3 Å². The number of thiophene rings is 1. The molecule has 2 heterocycles. The molecular weight excluding hydrogens is 389 g/mol. The third kappa shape index (κ3) is 3.59. The molecule has 0 unspecified atom stereocenters. The first-order chi connectivity index (χ1) is 11.5. The average Bonchev–Trinajstić information content (AvgIpc) is 3.01. The molecule has 1 N–H and O–H groups in total. The molecule has 0 saturated heterocycles. The summed E-state index contributed by atoms with van der Waals surface area (Å²) in [7, 11) is 1.64. The number of rotatable bonds is 4. The molecule has 0 spiro atoms. The molecule has 3 rings (SSSR count). The van der Waals surface area contributed by atoms with Gasteiger partial charge in [0, 0.05) is 12.1 Å². The second kappa shape index (κ2) is 7.14. The van der Waals surface area contributed by atoms with Gasteiger partial charge >= 0.3 is 0 Å². The molecule has 5 nitrogen and oxygen atoms in total. The molecule has 0 aliphatic rings. The van der Waals surface area contributed by atoms with Gasteiger partial charge in [-0.3, -0.25) is 14.2 Å². The highest BCUT2D eigenvalue weighted by atomic mass is 35.5. The molecule has 0 aliphatic carbocycles. The number of hydrogen-bond donors (Lipinski definition) is 1. The van der Waals surface area contributed by atoms with E-state index in [-0.39, 0.29) is 17.2 Å². The highest BCUT2D eigenvalue weighted by molar-refractivity contribution is 7.99. The number of amides is 1. The Labute approximate surface area is 155 Å². The number of anilines is 1. The van der Waals surface area contributed by atoms with Crippen molar-refractivity contribution in [2.24, 2.45) is 7.05 Å². The van der Waals surface area contributed by atoms with E-state index < -0.39 is 0 Å². The molecular formula is C15H11Cl2N3O2S2. The third-order valence-electron chi connectivity index (χ3n) is 3.20. The number of nitrogens with zero attached hydrogens (tertiary/aromatic N) is 2. The lowest BCUT2D eigenvalue weighted by molar-refractivity contribution is -0.113. The van der Waals surface area contributed by atoms with Gasteiger partial charge in [0.25, 0.3) is 5.56 Å². The zero-order valence-electron chi connectivity index (χ0n) is 12.4. The monoisotopic (exact) mass is 399 g/mol. The van der Waals surface area contributed by atoms with Crippen molar-refractivity contribution in [1.82, 2.24) is 9.55 Å². The fourth-order valence-corrected chi connectivity index (χ4v) is 3.93. The Morgan fingerprint density at radius 1 is 1.38 bits per heavy atom. The molecule has 3 aromatic rings. The fourth-order valence-electron chi connectivity index (χ4n) is 2.02. The highest BCUT2D eigenvalue weighted by Crippen LogP contribution is 2.26. The van der Waals surface area contributed by atoms with Crippen LogP contribution in [0.2, 0.25) is 10.0 Å². The molecule has 124 valence electrons. The van der Waals surface area contributed by atoms with Crippen LogP contribution in [0.1, 0.15) is 0 Å². The van der Waals surface area contributed by atoms with E-state index in [4.69, 9.17) is 23.2 Å². The number of nitrogens with one attached hydrogen (secondary N) is 1. The Balaban J connectivity index is 1.74. The van der Waals surface area contributed by atoms with Crippen LogP contribution in [0.15, 0.2) is 39.6 Å². The smallest absolute Gasteiger partial charge is 0.262 e. The quantitative estimate of drug-likeness (QED) is 0.531. The van der Waals surface area contributed by atoms with E-state index in [0.717, 1.165) is 0 Å². The molecule has 0 bridgehead atoms. The summed E-state index contributed by atoms with van der Waals surface area (Å²) in [4.78, 5) is 29.4. The highest BCUT2D eigenvalue weighted by Gasteiger charge is 2.12. The van der Waals surface area contributed by atoms with Crippen molar-refractivity contribution in [2.75, 3.05) is 11.1 Å². The zero-order chi connectivity index (χ0) is 17.3. The number of carbonyl (C=O) groups is 1. The van der Waals surface area contributed by atoms with Crippen LogP contribution in [-0.4, -0.2) is 21.2 Å². The molecule has 1 amide bonds. The van der Waals surface area contributed by atoms with Crippen LogP contribution in [0.3, 0.4) is 0 Å². The minimum Gasteiger partial charge on any atom is -0.324 e. The summed E-state index contributed by atoms with van der Waals surface area (Å²) in [6.45, 7) is 0. The van der Waals surface area contributed by atoms with E-state index in [1.807, 2.05) is 5.38 Å². The van der Waals surface area contributed by atoms with Crippen molar-refractivity contribution in [1.29, 1.82) is 0 Å². The van der Waals surface area contributed by atoms with Crippen molar-refractivity contribution in [3.8, 4) is 0 Å². The Morgan fingerprint density at radius 2 is 2.17 bits per heavy atom. The van der Waals surface area contributed by atoms with Gasteiger partial charge in [-0.15, -0.1) is 11.3 Å². The first-order valence-electron chi connectivity index (χ1n) is 6.77. The van der Waals surface area contributed by atoms with Crippen molar-refractivity contribution in [3.05, 3.63) is 50.0 Å². The Bertz CT molecular complexity index is 984. The Hall–Kier alpha value is -1.54. The minimum absolute atomic E-state index is 0.0972. The van der Waals surface area contributed by atoms with Crippen LogP contribution in [0, 0.1) is 0 Å². The Kier molecular flexibility index (Phi) is 5.15. The lowest BCUT2D eigenvalue weighted by Gasteiger charge is -2.09. The minimum atomic E-state index is -0.260. The van der Waals surface area contributed by atoms with Crippen LogP contribution in [0.25, 0.3) is 10.2 Å². The number of hydrogen-bond acceptors (Lipinski definition) is 5. The molecule has 0 radical (unpaired) electrons. The second-order valence-corrected chi connectivity index (χ2v) is 7.54. The zero-order valence-corrected chi connectivity index (χ0v) is 15.5. The molecule has 24 heavy (non-hydrogen) atoms. The third-order valence-corrected chi connectivity index (χ3v) is 5.60. The first kappa shape index (κ1) is 17.3.